The predicted molar refractivity (Wildman–Crippen MR) is 74.0 cm³/mol. The molecule has 0 saturated heterocycles. The molecule has 1 rings (SSSR count). The maximum absolute atomic E-state index is 11.9. The van der Waals surface area contributed by atoms with Gasteiger partial charge in [0.15, 0.2) is 11.5 Å². The number of ether oxygens (including phenoxy) is 1. The second-order valence-electron chi connectivity index (χ2n) is 4.48. The van der Waals surface area contributed by atoms with Crippen molar-refractivity contribution in [3.63, 3.8) is 0 Å². The van der Waals surface area contributed by atoms with Gasteiger partial charge in [0.1, 0.15) is 0 Å². The van der Waals surface area contributed by atoms with Crippen LogP contribution in [-0.2, 0) is 4.79 Å². The molecule has 0 radical (unpaired) electrons. The van der Waals surface area contributed by atoms with Crippen LogP contribution in [0.3, 0.4) is 0 Å². The molecule has 1 aromatic rings. The maximum atomic E-state index is 11.9. The monoisotopic (exact) mass is 312 g/mol. The van der Waals surface area contributed by atoms with E-state index < -0.39 is 0 Å². The standard InChI is InChI=1S/C14H17BrO3/c1-5-12(16)10-6-9(4)7-11(15)13(10)18-14(17)8(2)3/h6-8H,5H2,1-4H3. The molecule has 0 saturated carbocycles. The Balaban J connectivity index is 3.24. The maximum Gasteiger partial charge on any atom is 0.313 e. The molecule has 0 aliphatic rings. The molecule has 0 fully saturated rings. The Morgan fingerprint density at radius 3 is 2.44 bits per heavy atom. The van der Waals surface area contributed by atoms with Crippen LogP contribution in [0.1, 0.15) is 43.1 Å². The first-order chi connectivity index (χ1) is 8.36. The molecule has 0 spiro atoms. The van der Waals surface area contributed by atoms with E-state index in [1.165, 1.54) is 0 Å². The van der Waals surface area contributed by atoms with E-state index in [1.54, 1.807) is 26.8 Å². The highest BCUT2D eigenvalue weighted by atomic mass is 79.9. The summed E-state index contributed by atoms with van der Waals surface area (Å²) in [6.45, 7) is 7.19. The van der Waals surface area contributed by atoms with Crippen molar-refractivity contribution in [3.8, 4) is 5.75 Å². The molecule has 0 bridgehead atoms. The summed E-state index contributed by atoms with van der Waals surface area (Å²) in [5.41, 5.74) is 1.40. The van der Waals surface area contributed by atoms with Crippen molar-refractivity contribution in [2.75, 3.05) is 0 Å². The molecular weight excluding hydrogens is 296 g/mol. The Morgan fingerprint density at radius 1 is 1.33 bits per heavy atom. The van der Waals surface area contributed by atoms with Crippen LogP contribution in [0.25, 0.3) is 0 Å². The lowest BCUT2D eigenvalue weighted by Gasteiger charge is -2.13. The lowest BCUT2D eigenvalue weighted by atomic mass is 10.0. The van der Waals surface area contributed by atoms with E-state index in [4.69, 9.17) is 4.74 Å². The largest absolute Gasteiger partial charge is 0.424 e. The van der Waals surface area contributed by atoms with Gasteiger partial charge in [-0.25, -0.2) is 0 Å². The normalized spacial score (nSPS) is 10.6. The molecule has 0 aliphatic heterocycles. The fraction of sp³-hybridized carbons (Fsp3) is 0.429. The summed E-state index contributed by atoms with van der Waals surface area (Å²) in [5.74, 6) is -0.287. The molecular formula is C14H17BrO3. The van der Waals surface area contributed by atoms with E-state index in [0.29, 0.717) is 22.2 Å². The highest BCUT2D eigenvalue weighted by Crippen LogP contribution is 2.32. The lowest BCUT2D eigenvalue weighted by Crippen LogP contribution is -2.17. The minimum Gasteiger partial charge on any atom is -0.424 e. The lowest BCUT2D eigenvalue weighted by molar-refractivity contribution is -0.137. The molecule has 3 nitrogen and oxygen atoms in total. The van der Waals surface area contributed by atoms with Crippen LogP contribution >= 0.6 is 15.9 Å². The summed E-state index contributed by atoms with van der Waals surface area (Å²) < 4.78 is 5.94. The molecule has 0 atom stereocenters. The summed E-state index contributed by atoms with van der Waals surface area (Å²) in [6.07, 6.45) is 0.377. The van der Waals surface area contributed by atoms with Crippen molar-refractivity contribution in [1.29, 1.82) is 0 Å². The van der Waals surface area contributed by atoms with Crippen LogP contribution in [0.15, 0.2) is 16.6 Å². The SMILES string of the molecule is CCC(=O)c1cc(C)cc(Br)c1OC(=O)C(C)C. The fourth-order valence-electron chi connectivity index (χ4n) is 1.45. The van der Waals surface area contributed by atoms with Crippen molar-refractivity contribution >= 4 is 27.7 Å². The number of hydrogen-bond acceptors (Lipinski definition) is 3. The van der Waals surface area contributed by atoms with E-state index in [-0.39, 0.29) is 17.7 Å². The van der Waals surface area contributed by atoms with Crippen LogP contribution in [0.5, 0.6) is 5.75 Å². The Hall–Kier alpha value is -1.16. The number of esters is 1. The van der Waals surface area contributed by atoms with Gasteiger partial charge in [-0.15, -0.1) is 0 Å². The second kappa shape index (κ2) is 6.14. The number of aryl methyl sites for hydroxylation is 1. The number of Topliss-reactive ketones (excluding diaryl/α,β-unsaturated/α-hetero) is 1. The summed E-state index contributed by atoms with van der Waals surface area (Å²) >= 11 is 3.34. The van der Waals surface area contributed by atoms with Gasteiger partial charge in [-0.3, -0.25) is 9.59 Å². The van der Waals surface area contributed by atoms with Crippen molar-refractivity contribution in [2.24, 2.45) is 5.92 Å². The van der Waals surface area contributed by atoms with E-state index in [0.717, 1.165) is 5.56 Å². The highest BCUT2D eigenvalue weighted by molar-refractivity contribution is 9.10. The molecule has 0 aromatic heterocycles. The Bertz CT molecular complexity index is 478. The van der Waals surface area contributed by atoms with Crippen molar-refractivity contribution in [2.45, 2.75) is 34.1 Å². The summed E-state index contributed by atoms with van der Waals surface area (Å²) in [7, 11) is 0. The summed E-state index contributed by atoms with van der Waals surface area (Å²) in [5, 5.41) is 0. The molecule has 98 valence electrons. The van der Waals surface area contributed by atoms with Gasteiger partial charge >= 0.3 is 5.97 Å². The van der Waals surface area contributed by atoms with Crippen LogP contribution in [-0.4, -0.2) is 11.8 Å². The van der Waals surface area contributed by atoms with E-state index >= 15 is 0 Å². The van der Waals surface area contributed by atoms with Gasteiger partial charge < -0.3 is 4.74 Å². The van der Waals surface area contributed by atoms with Crippen molar-refractivity contribution in [3.05, 3.63) is 27.7 Å². The Labute approximate surface area is 116 Å². The zero-order chi connectivity index (χ0) is 13.9. The first-order valence-electron chi connectivity index (χ1n) is 5.91. The Morgan fingerprint density at radius 2 is 1.94 bits per heavy atom. The number of carbonyl (C=O) groups excluding carboxylic acids is 2. The number of halogens is 1. The van der Waals surface area contributed by atoms with Gasteiger partial charge in [-0.05, 0) is 40.5 Å². The van der Waals surface area contributed by atoms with Crippen LogP contribution in [0.4, 0.5) is 0 Å². The second-order valence-corrected chi connectivity index (χ2v) is 5.33. The molecule has 0 unspecified atom stereocenters. The molecule has 0 amide bonds. The van der Waals surface area contributed by atoms with Gasteiger partial charge in [-0.2, -0.15) is 0 Å². The highest BCUT2D eigenvalue weighted by Gasteiger charge is 2.19. The topological polar surface area (TPSA) is 43.4 Å². The molecule has 1 aromatic carbocycles. The van der Waals surface area contributed by atoms with E-state index in [9.17, 15) is 9.59 Å². The number of hydrogen-bond donors (Lipinski definition) is 0. The summed E-state index contributed by atoms with van der Waals surface area (Å²) in [4.78, 5) is 23.5. The van der Waals surface area contributed by atoms with Gasteiger partial charge in [0.2, 0.25) is 0 Å². The zero-order valence-corrected chi connectivity index (χ0v) is 12.6. The van der Waals surface area contributed by atoms with Crippen LogP contribution in [0.2, 0.25) is 0 Å². The number of benzene rings is 1. The smallest absolute Gasteiger partial charge is 0.313 e. The van der Waals surface area contributed by atoms with E-state index in [1.807, 2.05) is 13.0 Å². The van der Waals surface area contributed by atoms with Gasteiger partial charge in [0.25, 0.3) is 0 Å². The third-order valence-electron chi connectivity index (χ3n) is 2.48. The summed E-state index contributed by atoms with van der Waals surface area (Å²) in [6, 6.07) is 3.58. The van der Waals surface area contributed by atoms with Gasteiger partial charge in [0, 0.05) is 6.42 Å². The van der Waals surface area contributed by atoms with Crippen molar-refractivity contribution in [1.82, 2.24) is 0 Å². The minimum absolute atomic E-state index is 0.0362. The van der Waals surface area contributed by atoms with Crippen molar-refractivity contribution < 1.29 is 14.3 Å². The molecule has 0 aliphatic carbocycles. The van der Waals surface area contributed by atoms with Crippen LogP contribution in [0, 0.1) is 12.8 Å². The average molecular weight is 313 g/mol. The molecule has 0 heterocycles. The minimum atomic E-state index is -0.343. The average Bonchev–Trinajstić information content (AvgIpc) is 2.30. The fourth-order valence-corrected chi connectivity index (χ4v) is 2.10. The number of rotatable bonds is 4. The predicted octanol–water partition coefficient (Wildman–Crippen LogP) is 3.91. The third kappa shape index (κ3) is 3.42. The third-order valence-corrected chi connectivity index (χ3v) is 3.07. The van der Waals surface area contributed by atoms with Crippen LogP contribution < -0.4 is 4.74 Å². The van der Waals surface area contributed by atoms with Gasteiger partial charge in [-0.1, -0.05) is 20.8 Å². The Kier molecular flexibility index (Phi) is 5.08. The molecule has 0 N–H and O–H groups in total. The molecule has 4 heteroatoms. The number of ketones is 1. The first-order valence-corrected chi connectivity index (χ1v) is 6.71. The van der Waals surface area contributed by atoms with E-state index in [2.05, 4.69) is 15.9 Å². The molecule has 18 heavy (non-hydrogen) atoms. The quantitative estimate of drug-likeness (QED) is 0.481. The zero-order valence-electron chi connectivity index (χ0n) is 11.0. The first kappa shape index (κ1) is 14.9. The van der Waals surface area contributed by atoms with Gasteiger partial charge in [0.05, 0.1) is 16.0 Å². The number of carbonyl (C=O) groups is 2.